The van der Waals surface area contributed by atoms with Gasteiger partial charge in [-0.3, -0.25) is 0 Å². The first-order valence-electron chi connectivity index (χ1n) is 2.60. The van der Waals surface area contributed by atoms with Crippen LogP contribution in [0.3, 0.4) is 0 Å². The van der Waals surface area contributed by atoms with Crippen molar-refractivity contribution in [3.05, 3.63) is 5.76 Å². The van der Waals surface area contributed by atoms with Crippen LogP contribution in [0, 0.1) is 0 Å². The van der Waals surface area contributed by atoms with E-state index in [-0.39, 0.29) is 5.76 Å². The molecule has 0 N–H and O–H groups in total. The predicted molar refractivity (Wildman–Crippen MR) is 32.6 cm³/mol. The Hall–Kier alpha value is -0.500. The van der Waals surface area contributed by atoms with Crippen LogP contribution in [-0.4, -0.2) is 30.1 Å². The zero-order valence-corrected chi connectivity index (χ0v) is 5.52. The minimum atomic E-state index is 0.288. The Morgan fingerprint density at radius 2 is 2.56 bits per heavy atom. The van der Waals surface area contributed by atoms with Crippen molar-refractivity contribution in [1.82, 2.24) is 4.42 Å². The standard InChI is InChI=1S/C5H6ClNO2/c6-7-1-2-9-5(3-7)4-8/h1-3H2. The maximum Gasteiger partial charge on any atom is 0.195 e. The molecule has 1 rings (SSSR count). The molecule has 0 aromatic rings. The molecular formula is C5H6ClNO2. The fraction of sp³-hybridized carbons (Fsp3) is 0.600. The van der Waals surface area contributed by atoms with Gasteiger partial charge in [0, 0.05) is 6.54 Å². The third-order valence-electron chi connectivity index (χ3n) is 1.04. The van der Waals surface area contributed by atoms with Crippen LogP contribution in [0.2, 0.25) is 0 Å². The van der Waals surface area contributed by atoms with Crippen LogP contribution < -0.4 is 0 Å². The number of hydrogen-bond acceptors (Lipinski definition) is 3. The minimum Gasteiger partial charge on any atom is -0.484 e. The second kappa shape index (κ2) is 2.87. The van der Waals surface area contributed by atoms with E-state index in [0.29, 0.717) is 19.7 Å². The molecule has 0 amide bonds. The molecule has 0 aromatic heterocycles. The van der Waals surface area contributed by atoms with Crippen molar-refractivity contribution >= 4 is 17.7 Å². The fourth-order valence-electron chi connectivity index (χ4n) is 0.610. The van der Waals surface area contributed by atoms with Gasteiger partial charge in [-0.2, -0.15) is 0 Å². The van der Waals surface area contributed by atoms with E-state index < -0.39 is 0 Å². The molecule has 3 nitrogen and oxygen atoms in total. The molecule has 0 aromatic carbocycles. The summed E-state index contributed by atoms with van der Waals surface area (Å²) in [6.07, 6.45) is 0. The molecule has 1 heterocycles. The van der Waals surface area contributed by atoms with Gasteiger partial charge in [-0.05, 0) is 11.8 Å². The zero-order chi connectivity index (χ0) is 6.69. The summed E-state index contributed by atoms with van der Waals surface area (Å²) in [5, 5.41) is 0. The van der Waals surface area contributed by atoms with E-state index in [1.54, 1.807) is 5.94 Å². The van der Waals surface area contributed by atoms with Crippen LogP contribution >= 0.6 is 11.8 Å². The molecule has 0 aliphatic carbocycles. The van der Waals surface area contributed by atoms with Gasteiger partial charge in [0.25, 0.3) is 0 Å². The van der Waals surface area contributed by atoms with Gasteiger partial charge in [-0.15, -0.1) is 0 Å². The first kappa shape index (κ1) is 6.62. The van der Waals surface area contributed by atoms with Gasteiger partial charge in [-0.25, -0.2) is 9.21 Å². The van der Waals surface area contributed by atoms with Gasteiger partial charge < -0.3 is 4.74 Å². The smallest absolute Gasteiger partial charge is 0.195 e. The highest BCUT2D eigenvalue weighted by molar-refractivity contribution is 6.13. The molecule has 1 saturated heterocycles. The van der Waals surface area contributed by atoms with E-state index in [0.717, 1.165) is 0 Å². The van der Waals surface area contributed by atoms with Crippen LogP contribution in [-0.2, 0) is 9.53 Å². The van der Waals surface area contributed by atoms with Crippen LogP contribution in [0.25, 0.3) is 0 Å². The van der Waals surface area contributed by atoms with Gasteiger partial charge in [0.1, 0.15) is 6.61 Å². The van der Waals surface area contributed by atoms with Crippen LogP contribution in [0.5, 0.6) is 0 Å². The molecule has 1 aliphatic heterocycles. The summed E-state index contributed by atoms with van der Waals surface area (Å²) in [7, 11) is 0. The molecule has 0 unspecified atom stereocenters. The van der Waals surface area contributed by atoms with Crippen molar-refractivity contribution in [2.24, 2.45) is 0 Å². The topological polar surface area (TPSA) is 29.5 Å². The maximum atomic E-state index is 9.93. The Morgan fingerprint density at radius 1 is 1.78 bits per heavy atom. The average molecular weight is 148 g/mol. The monoisotopic (exact) mass is 147 g/mol. The first-order valence-corrected chi connectivity index (χ1v) is 2.94. The number of hydrogen-bond donors (Lipinski definition) is 0. The molecule has 1 aliphatic rings. The van der Waals surface area contributed by atoms with Crippen LogP contribution in [0.15, 0.2) is 5.76 Å². The van der Waals surface area contributed by atoms with Gasteiger partial charge in [0.15, 0.2) is 11.7 Å². The lowest BCUT2D eigenvalue weighted by atomic mass is 10.4. The third kappa shape index (κ3) is 1.72. The quantitative estimate of drug-likeness (QED) is 0.362. The lowest BCUT2D eigenvalue weighted by Gasteiger charge is -2.19. The zero-order valence-electron chi connectivity index (χ0n) is 4.76. The molecule has 0 radical (unpaired) electrons. The molecule has 4 heteroatoms. The third-order valence-corrected chi connectivity index (χ3v) is 1.33. The lowest BCUT2D eigenvalue weighted by molar-refractivity contribution is 0.142. The highest BCUT2D eigenvalue weighted by atomic mass is 35.5. The Kier molecular flexibility index (Phi) is 2.11. The molecule has 0 bridgehead atoms. The number of morpholine rings is 1. The number of halogens is 1. The summed E-state index contributed by atoms with van der Waals surface area (Å²) in [5.41, 5.74) is 0. The molecule has 0 atom stereocenters. The maximum absolute atomic E-state index is 9.93. The fourth-order valence-corrected chi connectivity index (χ4v) is 0.788. The molecule has 0 saturated carbocycles. The van der Waals surface area contributed by atoms with Crippen LogP contribution in [0.1, 0.15) is 0 Å². The largest absolute Gasteiger partial charge is 0.484 e. The minimum absolute atomic E-state index is 0.288. The Morgan fingerprint density at radius 3 is 3.00 bits per heavy atom. The SMILES string of the molecule is O=C=C1CN(Cl)CCO1. The molecular weight excluding hydrogens is 142 g/mol. The van der Waals surface area contributed by atoms with E-state index in [2.05, 4.69) is 0 Å². The summed E-state index contributed by atoms with van der Waals surface area (Å²) < 4.78 is 6.35. The summed E-state index contributed by atoms with van der Waals surface area (Å²) >= 11 is 5.54. The molecule has 1 fully saturated rings. The highest BCUT2D eigenvalue weighted by Crippen LogP contribution is 2.06. The number of ether oxygens (including phenoxy) is 1. The first-order chi connectivity index (χ1) is 4.33. The van der Waals surface area contributed by atoms with E-state index in [4.69, 9.17) is 16.5 Å². The molecule has 0 spiro atoms. The van der Waals surface area contributed by atoms with Gasteiger partial charge in [0.05, 0.1) is 6.54 Å². The number of nitrogens with zero attached hydrogens (tertiary/aromatic N) is 1. The second-order valence-corrected chi connectivity index (χ2v) is 2.20. The Bertz CT molecular complexity index is 153. The van der Waals surface area contributed by atoms with E-state index in [1.165, 1.54) is 4.42 Å². The van der Waals surface area contributed by atoms with Gasteiger partial charge in [-0.1, -0.05) is 0 Å². The second-order valence-electron chi connectivity index (χ2n) is 1.72. The van der Waals surface area contributed by atoms with E-state index in [1.807, 2.05) is 0 Å². The van der Waals surface area contributed by atoms with Crippen molar-refractivity contribution < 1.29 is 9.53 Å². The summed E-state index contributed by atoms with van der Waals surface area (Å²) in [5.74, 6) is 1.94. The summed E-state index contributed by atoms with van der Waals surface area (Å²) in [6, 6.07) is 0. The van der Waals surface area contributed by atoms with Gasteiger partial charge >= 0.3 is 0 Å². The number of carbonyl (C=O) groups excluding carboxylic acids is 1. The Balaban J connectivity index is 2.51. The van der Waals surface area contributed by atoms with Gasteiger partial charge in [0.2, 0.25) is 0 Å². The van der Waals surface area contributed by atoms with Crippen molar-refractivity contribution in [2.45, 2.75) is 0 Å². The highest BCUT2D eigenvalue weighted by Gasteiger charge is 2.12. The van der Waals surface area contributed by atoms with Crippen LogP contribution in [0.4, 0.5) is 0 Å². The van der Waals surface area contributed by atoms with E-state index >= 15 is 0 Å². The number of rotatable bonds is 0. The summed E-state index contributed by atoms with van der Waals surface area (Å²) in [4.78, 5) is 9.93. The normalized spacial score (nSPS) is 20.8. The molecule has 9 heavy (non-hydrogen) atoms. The lowest BCUT2D eigenvalue weighted by Crippen LogP contribution is -2.27. The van der Waals surface area contributed by atoms with Crippen molar-refractivity contribution in [3.8, 4) is 0 Å². The Labute approximate surface area is 58.0 Å². The predicted octanol–water partition coefficient (Wildman–Crippen LogP) is 0.188. The van der Waals surface area contributed by atoms with Crippen molar-refractivity contribution in [3.63, 3.8) is 0 Å². The average Bonchev–Trinajstić information content (AvgIpc) is 1.88. The van der Waals surface area contributed by atoms with Crippen molar-refractivity contribution in [1.29, 1.82) is 0 Å². The summed E-state index contributed by atoms with van der Waals surface area (Å²) in [6.45, 7) is 1.51. The van der Waals surface area contributed by atoms with Crippen molar-refractivity contribution in [2.75, 3.05) is 19.7 Å². The molecule has 50 valence electrons. The van der Waals surface area contributed by atoms with E-state index in [9.17, 15) is 4.79 Å².